The highest BCUT2D eigenvalue weighted by molar-refractivity contribution is 7.13. The number of ether oxygens (including phenoxy) is 1. The van der Waals surface area contributed by atoms with Crippen molar-refractivity contribution in [3.05, 3.63) is 54.0 Å². The molecule has 3 rings (SSSR count). The first-order valence-corrected chi connectivity index (χ1v) is 7.46. The third-order valence-corrected chi connectivity index (χ3v) is 3.84. The van der Waals surface area contributed by atoms with E-state index in [1.807, 2.05) is 41.8 Å². The minimum atomic E-state index is -0.496. The summed E-state index contributed by atoms with van der Waals surface area (Å²) in [6.45, 7) is 0. The molecule has 0 spiro atoms. The third kappa shape index (κ3) is 3.12. The fourth-order valence-electron chi connectivity index (χ4n) is 1.94. The summed E-state index contributed by atoms with van der Waals surface area (Å²) < 4.78 is 4.59. The summed E-state index contributed by atoms with van der Waals surface area (Å²) in [6.07, 6.45) is 1.25. The van der Waals surface area contributed by atoms with Gasteiger partial charge in [-0.1, -0.05) is 18.2 Å². The van der Waals surface area contributed by atoms with Gasteiger partial charge in [0.2, 0.25) is 0 Å². The number of anilines is 1. The zero-order valence-corrected chi connectivity index (χ0v) is 12.6. The summed E-state index contributed by atoms with van der Waals surface area (Å²) in [7, 11) is 1.33. The Morgan fingerprint density at radius 2 is 2.09 bits per heavy atom. The number of carbonyl (C=O) groups excluding carboxylic acids is 1. The number of thiazole rings is 1. The van der Waals surface area contributed by atoms with Gasteiger partial charge in [0, 0.05) is 22.8 Å². The first-order valence-electron chi connectivity index (χ1n) is 6.58. The van der Waals surface area contributed by atoms with Crippen LogP contribution in [0.4, 0.5) is 10.5 Å². The van der Waals surface area contributed by atoms with Crippen LogP contribution in [-0.4, -0.2) is 23.2 Å². The van der Waals surface area contributed by atoms with Crippen molar-refractivity contribution in [2.75, 3.05) is 12.4 Å². The van der Waals surface area contributed by atoms with Crippen LogP contribution >= 0.6 is 11.3 Å². The maximum atomic E-state index is 11.3. The van der Waals surface area contributed by atoms with Crippen LogP contribution in [0.3, 0.4) is 0 Å². The Bertz CT molecular complexity index is 787. The van der Waals surface area contributed by atoms with Gasteiger partial charge in [-0.05, 0) is 24.3 Å². The third-order valence-electron chi connectivity index (χ3n) is 2.98. The zero-order chi connectivity index (χ0) is 15.4. The van der Waals surface area contributed by atoms with Crippen LogP contribution in [0.5, 0.6) is 0 Å². The molecule has 0 unspecified atom stereocenters. The van der Waals surface area contributed by atoms with E-state index in [4.69, 9.17) is 0 Å². The molecule has 0 aliphatic heterocycles. The lowest BCUT2D eigenvalue weighted by Crippen LogP contribution is -2.10. The van der Waals surface area contributed by atoms with Crippen LogP contribution in [0.15, 0.2) is 54.0 Å². The minimum absolute atomic E-state index is 0.496. The number of rotatable bonds is 3. The fraction of sp³-hybridized carbons (Fsp3) is 0.0625. The maximum absolute atomic E-state index is 11.3. The Balaban J connectivity index is 1.87. The second-order valence-electron chi connectivity index (χ2n) is 4.45. The number of amides is 1. The molecule has 3 aromatic rings. The number of hydrogen-bond donors (Lipinski definition) is 1. The minimum Gasteiger partial charge on any atom is -0.453 e. The molecule has 6 heteroatoms. The van der Waals surface area contributed by atoms with E-state index in [-0.39, 0.29) is 0 Å². The number of pyridine rings is 1. The van der Waals surface area contributed by atoms with E-state index in [1.54, 1.807) is 12.3 Å². The molecule has 0 saturated carbocycles. The standard InChI is InChI=1S/C16H13N3O2S/c1-21-16(20)18-12-6-4-5-11(9-12)14-10-22-15(19-14)13-7-2-3-8-17-13/h2-10H,1H3,(H,18,20). The summed E-state index contributed by atoms with van der Waals surface area (Å²) in [6, 6.07) is 13.2. The molecule has 1 amide bonds. The molecule has 110 valence electrons. The molecule has 1 aromatic carbocycles. The highest BCUT2D eigenvalue weighted by Crippen LogP contribution is 2.28. The largest absolute Gasteiger partial charge is 0.453 e. The van der Waals surface area contributed by atoms with Crippen LogP contribution in [-0.2, 0) is 4.74 Å². The van der Waals surface area contributed by atoms with Crippen molar-refractivity contribution in [1.82, 2.24) is 9.97 Å². The maximum Gasteiger partial charge on any atom is 0.411 e. The number of nitrogens with zero attached hydrogens (tertiary/aromatic N) is 2. The molecule has 0 radical (unpaired) electrons. The SMILES string of the molecule is COC(=O)Nc1cccc(-c2csc(-c3ccccn3)n2)c1. The molecule has 0 saturated heterocycles. The van der Waals surface area contributed by atoms with Gasteiger partial charge in [0.15, 0.2) is 0 Å². The number of aromatic nitrogens is 2. The number of carbonyl (C=O) groups is 1. The lowest BCUT2D eigenvalue weighted by Gasteiger charge is -2.04. The smallest absolute Gasteiger partial charge is 0.411 e. The van der Waals surface area contributed by atoms with Gasteiger partial charge in [-0.15, -0.1) is 11.3 Å². The van der Waals surface area contributed by atoms with Gasteiger partial charge in [0.1, 0.15) is 5.01 Å². The van der Waals surface area contributed by atoms with Crippen molar-refractivity contribution < 1.29 is 9.53 Å². The Hall–Kier alpha value is -2.73. The van der Waals surface area contributed by atoms with E-state index in [9.17, 15) is 4.79 Å². The van der Waals surface area contributed by atoms with Crippen LogP contribution in [0.25, 0.3) is 22.0 Å². The van der Waals surface area contributed by atoms with Crippen LogP contribution in [0, 0.1) is 0 Å². The average Bonchev–Trinajstić information content (AvgIpc) is 3.06. The number of methoxy groups -OCH3 is 1. The molecule has 0 aliphatic rings. The number of nitrogens with one attached hydrogen (secondary N) is 1. The van der Waals surface area contributed by atoms with E-state index in [2.05, 4.69) is 20.0 Å². The molecule has 0 fully saturated rings. The highest BCUT2D eigenvalue weighted by atomic mass is 32.1. The molecule has 0 bridgehead atoms. The number of benzene rings is 1. The average molecular weight is 311 g/mol. The summed E-state index contributed by atoms with van der Waals surface area (Å²) in [5.74, 6) is 0. The van der Waals surface area contributed by atoms with Crippen LogP contribution < -0.4 is 5.32 Å². The fourth-order valence-corrected chi connectivity index (χ4v) is 2.74. The molecule has 0 atom stereocenters. The Morgan fingerprint density at radius 1 is 1.18 bits per heavy atom. The van der Waals surface area contributed by atoms with Crippen molar-refractivity contribution in [1.29, 1.82) is 0 Å². The lowest BCUT2D eigenvalue weighted by molar-refractivity contribution is 0.187. The van der Waals surface area contributed by atoms with Gasteiger partial charge >= 0.3 is 6.09 Å². The summed E-state index contributed by atoms with van der Waals surface area (Å²) >= 11 is 1.54. The quantitative estimate of drug-likeness (QED) is 0.792. The second-order valence-corrected chi connectivity index (χ2v) is 5.31. The van der Waals surface area contributed by atoms with Gasteiger partial charge in [-0.2, -0.15) is 0 Å². The first kappa shape index (κ1) is 14.2. The van der Waals surface area contributed by atoms with Crippen molar-refractivity contribution in [2.24, 2.45) is 0 Å². The van der Waals surface area contributed by atoms with E-state index < -0.39 is 6.09 Å². The monoisotopic (exact) mass is 311 g/mol. The molecular formula is C16H13N3O2S. The predicted octanol–water partition coefficient (Wildman–Crippen LogP) is 4.05. The Morgan fingerprint density at radius 3 is 2.86 bits per heavy atom. The second kappa shape index (κ2) is 6.36. The van der Waals surface area contributed by atoms with Gasteiger partial charge in [0.25, 0.3) is 0 Å². The summed E-state index contributed by atoms with van der Waals surface area (Å²) in [5, 5.41) is 5.48. The first-order chi connectivity index (χ1) is 10.8. The molecule has 2 aromatic heterocycles. The molecule has 1 N–H and O–H groups in total. The van der Waals surface area contributed by atoms with Crippen molar-refractivity contribution >= 4 is 23.1 Å². The molecule has 22 heavy (non-hydrogen) atoms. The van der Waals surface area contributed by atoms with E-state index in [0.717, 1.165) is 22.0 Å². The van der Waals surface area contributed by atoms with Gasteiger partial charge in [0.05, 0.1) is 18.5 Å². The topological polar surface area (TPSA) is 64.1 Å². The van der Waals surface area contributed by atoms with Crippen molar-refractivity contribution in [2.45, 2.75) is 0 Å². The summed E-state index contributed by atoms with van der Waals surface area (Å²) in [4.78, 5) is 20.2. The van der Waals surface area contributed by atoms with Gasteiger partial charge < -0.3 is 4.74 Å². The van der Waals surface area contributed by atoms with Crippen LogP contribution in [0.2, 0.25) is 0 Å². The van der Waals surface area contributed by atoms with Gasteiger partial charge in [-0.3, -0.25) is 10.3 Å². The molecule has 5 nitrogen and oxygen atoms in total. The molecular weight excluding hydrogens is 298 g/mol. The van der Waals surface area contributed by atoms with E-state index in [1.165, 1.54) is 18.4 Å². The summed E-state index contributed by atoms with van der Waals surface area (Å²) in [5.41, 5.74) is 3.28. The number of hydrogen-bond acceptors (Lipinski definition) is 5. The van der Waals surface area contributed by atoms with Crippen molar-refractivity contribution in [3.63, 3.8) is 0 Å². The lowest BCUT2D eigenvalue weighted by atomic mass is 10.1. The van der Waals surface area contributed by atoms with Crippen LogP contribution in [0.1, 0.15) is 0 Å². The zero-order valence-electron chi connectivity index (χ0n) is 11.8. The molecule has 2 heterocycles. The van der Waals surface area contributed by atoms with Crippen molar-refractivity contribution in [3.8, 4) is 22.0 Å². The van der Waals surface area contributed by atoms with Gasteiger partial charge in [-0.25, -0.2) is 9.78 Å². The Kier molecular flexibility index (Phi) is 4.11. The highest BCUT2D eigenvalue weighted by Gasteiger charge is 2.08. The van der Waals surface area contributed by atoms with E-state index >= 15 is 0 Å². The predicted molar refractivity (Wildman–Crippen MR) is 86.8 cm³/mol. The van der Waals surface area contributed by atoms with E-state index in [0.29, 0.717) is 5.69 Å². The Labute approximate surface area is 131 Å². The normalized spacial score (nSPS) is 10.2. The molecule has 0 aliphatic carbocycles.